The van der Waals surface area contributed by atoms with Gasteiger partial charge in [-0.2, -0.15) is 0 Å². The number of carbonyl (C=O) groups excluding carboxylic acids is 2. The minimum atomic E-state index is -0.606. The van der Waals surface area contributed by atoms with Gasteiger partial charge in [-0.1, -0.05) is 0 Å². The summed E-state index contributed by atoms with van der Waals surface area (Å²) in [6.07, 6.45) is 4.48. The molecular formula is C18H25FN4O2. The van der Waals surface area contributed by atoms with Crippen molar-refractivity contribution in [2.75, 3.05) is 38.5 Å². The number of urea groups is 1. The minimum Gasteiger partial charge on any atom is -0.355 e. The molecule has 2 fully saturated rings. The van der Waals surface area contributed by atoms with Gasteiger partial charge in [-0.05, 0) is 57.0 Å². The highest BCUT2D eigenvalue weighted by Crippen LogP contribution is 2.22. The molecule has 136 valence electrons. The van der Waals surface area contributed by atoms with Crippen molar-refractivity contribution in [1.29, 1.82) is 0 Å². The number of nitrogens with one attached hydrogen (secondary N) is 2. The van der Waals surface area contributed by atoms with Gasteiger partial charge in [-0.15, -0.1) is 0 Å². The van der Waals surface area contributed by atoms with Crippen LogP contribution in [0.4, 0.5) is 14.9 Å². The lowest BCUT2D eigenvalue weighted by atomic mass is 10.1. The van der Waals surface area contributed by atoms with Gasteiger partial charge in [-0.3, -0.25) is 4.79 Å². The maximum atomic E-state index is 13.7. The zero-order valence-electron chi connectivity index (χ0n) is 14.6. The molecule has 1 atom stereocenters. The summed E-state index contributed by atoms with van der Waals surface area (Å²) in [5.74, 6) is -1.12. The minimum absolute atomic E-state index is 0.0738. The smallest absolute Gasteiger partial charge is 0.322 e. The Morgan fingerprint density at radius 3 is 2.68 bits per heavy atom. The van der Waals surface area contributed by atoms with E-state index in [0.717, 1.165) is 39.0 Å². The summed E-state index contributed by atoms with van der Waals surface area (Å²) < 4.78 is 13.7. The number of carbonyl (C=O) groups is 2. The molecule has 2 N–H and O–H groups in total. The molecule has 2 heterocycles. The van der Waals surface area contributed by atoms with Gasteiger partial charge < -0.3 is 20.4 Å². The van der Waals surface area contributed by atoms with Crippen molar-refractivity contribution in [3.63, 3.8) is 0 Å². The molecule has 0 aliphatic carbocycles. The molecule has 1 aromatic rings. The second-order valence-electron chi connectivity index (χ2n) is 6.70. The Balaban J connectivity index is 1.65. The molecular weight excluding hydrogens is 323 g/mol. The topological polar surface area (TPSA) is 64.7 Å². The first-order valence-corrected chi connectivity index (χ1v) is 8.90. The van der Waals surface area contributed by atoms with Gasteiger partial charge in [0.2, 0.25) is 0 Å². The second-order valence-corrected chi connectivity index (χ2v) is 6.70. The number of hydrogen-bond donors (Lipinski definition) is 2. The van der Waals surface area contributed by atoms with E-state index in [1.807, 2.05) is 4.90 Å². The number of nitrogens with zero attached hydrogens (tertiary/aromatic N) is 2. The Kier molecular flexibility index (Phi) is 5.53. The number of amides is 3. The summed E-state index contributed by atoms with van der Waals surface area (Å²) >= 11 is 0. The van der Waals surface area contributed by atoms with Crippen LogP contribution in [0.1, 0.15) is 36.0 Å². The normalized spacial score (nSPS) is 20.7. The van der Waals surface area contributed by atoms with Crippen LogP contribution in [-0.4, -0.2) is 61.0 Å². The first-order chi connectivity index (χ1) is 12.1. The quantitative estimate of drug-likeness (QED) is 0.877. The van der Waals surface area contributed by atoms with Gasteiger partial charge in [0.15, 0.2) is 0 Å². The van der Waals surface area contributed by atoms with Crippen LogP contribution < -0.4 is 10.6 Å². The monoisotopic (exact) mass is 348 g/mol. The van der Waals surface area contributed by atoms with E-state index in [-0.39, 0.29) is 17.6 Å². The average Bonchev–Trinajstić information content (AvgIpc) is 3.28. The molecule has 1 aromatic carbocycles. The van der Waals surface area contributed by atoms with Gasteiger partial charge in [0.25, 0.3) is 5.91 Å². The summed E-state index contributed by atoms with van der Waals surface area (Å²) in [5, 5.41) is 5.20. The van der Waals surface area contributed by atoms with E-state index in [9.17, 15) is 14.0 Å². The van der Waals surface area contributed by atoms with E-state index in [2.05, 4.69) is 15.5 Å². The van der Waals surface area contributed by atoms with Crippen molar-refractivity contribution in [3.8, 4) is 0 Å². The van der Waals surface area contributed by atoms with E-state index in [1.54, 1.807) is 0 Å². The molecule has 0 bridgehead atoms. The number of hydrogen-bond acceptors (Lipinski definition) is 3. The molecule has 0 radical (unpaired) electrons. The summed E-state index contributed by atoms with van der Waals surface area (Å²) in [6.45, 7) is 3.87. The molecule has 3 rings (SSSR count). The highest BCUT2D eigenvalue weighted by Gasteiger charge is 2.31. The van der Waals surface area contributed by atoms with E-state index in [0.29, 0.717) is 5.69 Å². The van der Waals surface area contributed by atoms with E-state index in [1.165, 1.54) is 38.1 Å². The van der Waals surface area contributed by atoms with E-state index < -0.39 is 11.7 Å². The maximum absolute atomic E-state index is 13.7. The molecule has 3 amide bonds. The fraction of sp³-hybridized carbons (Fsp3) is 0.556. The van der Waals surface area contributed by atoms with Crippen LogP contribution in [0.5, 0.6) is 0 Å². The Morgan fingerprint density at radius 1 is 1.20 bits per heavy atom. The van der Waals surface area contributed by atoms with Gasteiger partial charge in [-0.25, -0.2) is 9.18 Å². The molecule has 0 saturated carbocycles. The number of rotatable bonds is 4. The largest absolute Gasteiger partial charge is 0.355 e. The highest BCUT2D eigenvalue weighted by molar-refractivity contribution is 5.97. The first-order valence-electron chi connectivity index (χ1n) is 8.90. The molecule has 2 aliphatic heterocycles. The number of likely N-dealkylation sites (tertiary alicyclic amines) is 2. The van der Waals surface area contributed by atoms with Crippen LogP contribution in [0.25, 0.3) is 0 Å². The van der Waals surface area contributed by atoms with Gasteiger partial charge in [0.05, 0.1) is 5.56 Å². The van der Waals surface area contributed by atoms with Crippen molar-refractivity contribution in [1.82, 2.24) is 15.1 Å². The third-order valence-corrected chi connectivity index (χ3v) is 4.99. The Bertz CT molecular complexity index is 646. The molecule has 0 aromatic heterocycles. The van der Waals surface area contributed by atoms with Crippen LogP contribution in [0.2, 0.25) is 0 Å². The summed E-state index contributed by atoms with van der Waals surface area (Å²) in [7, 11) is 1.44. The third-order valence-electron chi connectivity index (χ3n) is 4.99. The standard InChI is InChI=1S/C18H25FN4O2/c1-20-17(24)15-11-13(6-7-16(15)19)21-18(25)23-10-4-5-14(23)12-22-8-2-3-9-22/h6-7,11,14H,2-5,8-10,12H2,1H3,(H,20,24)(H,21,25). The molecule has 2 aliphatic rings. The van der Waals surface area contributed by atoms with Gasteiger partial charge >= 0.3 is 6.03 Å². The molecule has 0 spiro atoms. The second kappa shape index (κ2) is 7.82. The van der Waals surface area contributed by atoms with E-state index >= 15 is 0 Å². The van der Waals surface area contributed by atoms with Crippen LogP contribution >= 0.6 is 0 Å². The fourth-order valence-corrected chi connectivity index (χ4v) is 3.66. The Hall–Kier alpha value is -2.15. The van der Waals surface area contributed by atoms with Crippen LogP contribution in [0.3, 0.4) is 0 Å². The molecule has 2 saturated heterocycles. The van der Waals surface area contributed by atoms with Crippen LogP contribution in [0.15, 0.2) is 18.2 Å². The van der Waals surface area contributed by atoms with Crippen molar-refractivity contribution < 1.29 is 14.0 Å². The van der Waals surface area contributed by atoms with Gasteiger partial charge in [0, 0.05) is 31.9 Å². The van der Waals surface area contributed by atoms with Gasteiger partial charge in [0.1, 0.15) is 5.82 Å². The maximum Gasteiger partial charge on any atom is 0.322 e. The lowest BCUT2D eigenvalue weighted by Crippen LogP contribution is -2.44. The highest BCUT2D eigenvalue weighted by atomic mass is 19.1. The summed E-state index contributed by atoms with van der Waals surface area (Å²) in [6, 6.07) is 4.09. The summed E-state index contributed by atoms with van der Waals surface area (Å²) in [5.41, 5.74) is 0.354. The summed E-state index contributed by atoms with van der Waals surface area (Å²) in [4.78, 5) is 28.6. The van der Waals surface area contributed by atoms with Crippen molar-refractivity contribution in [2.24, 2.45) is 0 Å². The number of benzene rings is 1. The lowest BCUT2D eigenvalue weighted by molar-refractivity contribution is 0.0959. The Morgan fingerprint density at radius 2 is 1.96 bits per heavy atom. The molecule has 7 heteroatoms. The van der Waals surface area contributed by atoms with Crippen LogP contribution in [0, 0.1) is 5.82 Å². The fourth-order valence-electron chi connectivity index (χ4n) is 3.66. The number of anilines is 1. The SMILES string of the molecule is CNC(=O)c1cc(NC(=O)N2CCCC2CN2CCCC2)ccc1F. The van der Waals surface area contributed by atoms with E-state index in [4.69, 9.17) is 0 Å². The Labute approximate surface area is 147 Å². The predicted octanol–water partition coefficient (Wildman–Crippen LogP) is 2.28. The first kappa shape index (κ1) is 17.7. The molecule has 6 nitrogen and oxygen atoms in total. The van der Waals surface area contributed by atoms with Crippen molar-refractivity contribution in [2.45, 2.75) is 31.7 Å². The molecule has 25 heavy (non-hydrogen) atoms. The third kappa shape index (κ3) is 4.10. The predicted molar refractivity (Wildman–Crippen MR) is 94.2 cm³/mol. The lowest BCUT2D eigenvalue weighted by Gasteiger charge is -2.28. The zero-order chi connectivity index (χ0) is 17.8. The zero-order valence-corrected chi connectivity index (χ0v) is 14.6. The van der Waals surface area contributed by atoms with Crippen LogP contribution in [-0.2, 0) is 0 Å². The van der Waals surface area contributed by atoms with Crippen molar-refractivity contribution in [3.05, 3.63) is 29.6 Å². The van der Waals surface area contributed by atoms with Crippen molar-refractivity contribution >= 4 is 17.6 Å². The average molecular weight is 348 g/mol. The molecule has 1 unspecified atom stereocenters. The number of halogens is 1.